The Hall–Kier alpha value is -1.72. The van der Waals surface area contributed by atoms with Crippen molar-refractivity contribution in [1.29, 1.82) is 0 Å². The maximum Gasteiger partial charge on any atom is 0.223 e. The molecular formula is C17H21N3OS. The normalized spacial score (nSPS) is 16.6. The fourth-order valence-electron chi connectivity index (χ4n) is 2.78. The van der Waals surface area contributed by atoms with Crippen LogP contribution in [0.1, 0.15) is 18.4 Å². The third-order valence-electron chi connectivity index (χ3n) is 4.21. The summed E-state index contributed by atoms with van der Waals surface area (Å²) in [5.74, 6) is 0.332. The van der Waals surface area contributed by atoms with E-state index in [4.69, 9.17) is 0 Å². The van der Waals surface area contributed by atoms with E-state index in [1.54, 1.807) is 11.3 Å². The first kappa shape index (κ1) is 15.2. The largest absolute Gasteiger partial charge is 0.352 e. The minimum absolute atomic E-state index is 0.157. The quantitative estimate of drug-likeness (QED) is 0.943. The molecular weight excluding hydrogens is 294 g/mol. The summed E-state index contributed by atoms with van der Waals surface area (Å²) < 4.78 is 0. The molecule has 0 bridgehead atoms. The molecule has 1 N–H and O–H groups in total. The second kappa shape index (κ2) is 7.03. The number of rotatable bonds is 4. The van der Waals surface area contributed by atoms with Gasteiger partial charge in [0.2, 0.25) is 5.91 Å². The van der Waals surface area contributed by atoms with Crippen LogP contribution >= 0.6 is 11.3 Å². The van der Waals surface area contributed by atoms with Crippen LogP contribution in [-0.2, 0) is 11.3 Å². The van der Waals surface area contributed by atoms with Crippen molar-refractivity contribution in [2.45, 2.75) is 19.4 Å². The molecule has 4 nitrogen and oxygen atoms in total. The minimum atomic E-state index is 0.157. The first-order valence-corrected chi connectivity index (χ1v) is 8.59. The molecule has 0 radical (unpaired) electrons. The van der Waals surface area contributed by atoms with Gasteiger partial charge in [-0.25, -0.2) is 0 Å². The van der Waals surface area contributed by atoms with Gasteiger partial charge in [0.25, 0.3) is 0 Å². The van der Waals surface area contributed by atoms with E-state index in [-0.39, 0.29) is 11.8 Å². The van der Waals surface area contributed by atoms with Crippen molar-refractivity contribution < 1.29 is 4.79 Å². The summed E-state index contributed by atoms with van der Waals surface area (Å²) in [6.45, 7) is 2.57. The van der Waals surface area contributed by atoms with Gasteiger partial charge in [0.1, 0.15) is 0 Å². The molecule has 1 saturated heterocycles. The molecule has 0 aliphatic carbocycles. The Labute approximate surface area is 135 Å². The number of hydrogen-bond acceptors (Lipinski definition) is 4. The van der Waals surface area contributed by atoms with Crippen molar-refractivity contribution in [3.05, 3.63) is 40.8 Å². The lowest BCUT2D eigenvalue weighted by atomic mass is 9.96. The first-order chi connectivity index (χ1) is 10.7. The van der Waals surface area contributed by atoms with E-state index in [2.05, 4.69) is 45.1 Å². The highest BCUT2D eigenvalue weighted by atomic mass is 32.1. The van der Waals surface area contributed by atoms with Crippen LogP contribution in [0.25, 0.3) is 11.1 Å². The standard InChI is InChI=1S/C17H21N3OS/c1-20-5-2-14(3-6-20)17(21)19-10-13-8-16(11-18-9-13)15-4-7-22-12-15/h4,7-9,11-12,14H,2-3,5-6,10H2,1H3,(H,19,21). The van der Waals surface area contributed by atoms with Crippen molar-refractivity contribution in [1.82, 2.24) is 15.2 Å². The Morgan fingerprint density at radius 1 is 1.36 bits per heavy atom. The molecule has 0 atom stereocenters. The van der Waals surface area contributed by atoms with Gasteiger partial charge in [-0.15, -0.1) is 0 Å². The Morgan fingerprint density at radius 2 is 2.18 bits per heavy atom. The highest BCUT2D eigenvalue weighted by Gasteiger charge is 2.22. The number of hydrogen-bond donors (Lipinski definition) is 1. The van der Waals surface area contributed by atoms with E-state index in [0.29, 0.717) is 6.54 Å². The van der Waals surface area contributed by atoms with Crippen LogP contribution in [0.2, 0.25) is 0 Å². The molecule has 3 rings (SSSR count). The fraction of sp³-hybridized carbons (Fsp3) is 0.412. The van der Waals surface area contributed by atoms with Crippen LogP contribution in [-0.4, -0.2) is 35.9 Å². The van der Waals surface area contributed by atoms with Crippen molar-refractivity contribution in [2.24, 2.45) is 5.92 Å². The smallest absolute Gasteiger partial charge is 0.223 e. The third kappa shape index (κ3) is 3.72. The van der Waals surface area contributed by atoms with Gasteiger partial charge in [-0.05, 0) is 67.0 Å². The van der Waals surface area contributed by atoms with Crippen LogP contribution in [0.5, 0.6) is 0 Å². The molecule has 2 aromatic rings. The van der Waals surface area contributed by atoms with E-state index in [1.165, 1.54) is 5.56 Å². The molecule has 0 spiro atoms. The van der Waals surface area contributed by atoms with E-state index in [1.807, 2.05) is 12.4 Å². The summed E-state index contributed by atoms with van der Waals surface area (Å²) in [6.07, 6.45) is 5.60. The highest BCUT2D eigenvalue weighted by Crippen LogP contribution is 2.22. The number of carbonyl (C=O) groups is 1. The zero-order valence-corrected chi connectivity index (χ0v) is 13.6. The van der Waals surface area contributed by atoms with Crippen LogP contribution < -0.4 is 5.32 Å². The molecule has 0 aromatic carbocycles. The zero-order valence-electron chi connectivity index (χ0n) is 12.8. The maximum absolute atomic E-state index is 12.2. The molecule has 1 aliphatic rings. The number of aromatic nitrogens is 1. The number of nitrogens with zero attached hydrogens (tertiary/aromatic N) is 2. The third-order valence-corrected chi connectivity index (χ3v) is 4.89. The fourth-order valence-corrected chi connectivity index (χ4v) is 3.44. The lowest BCUT2D eigenvalue weighted by molar-refractivity contribution is -0.126. The molecule has 0 saturated carbocycles. The number of pyridine rings is 1. The minimum Gasteiger partial charge on any atom is -0.352 e. The van der Waals surface area contributed by atoms with Crippen molar-refractivity contribution in [2.75, 3.05) is 20.1 Å². The van der Waals surface area contributed by atoms with Gasteiger partial charge < -0.3 is 10.2 Å². The van der Waals surface area contributed by atoms with Gasteiger partial charge in [-0.3, -0.25) is 9.78 Å². The Balaban J connectivity index is 1.57. The summed E-state index contributed by atoms with van der Waals surface area (Å²) in [6, 6.07) is 4.19. The zero-order chi connectivity index (χ0) is 15.4. The van der Waals surface area contributed by atoms with Crippen molar-refractivity contribution in [3.8, 4) is 11.1 Å². The molecule has 1 amide bonds. The lowest BCUT2D eigenvalue weighted by Gasteiger charge is -2.28. The van der Waals surface area contributed by atoms with Crippen LogP contribution in [0.15, 0.2) is 35.3 Å². The summed E-state index contributed by atoms with van der Waals surface area (Å²) in [5.41, 5.74) is 3.33. The van der Waals surface area contributed by atoms with Crippen molar-refractivity contribution in [3.63, 3.8) is 0 Å². The Bertz CT molecular complexity index is 619. The number of amides is 1. The molecule has 2 aromatic heterocycles. The van der Waals surface area contributed by atoms with Crippen LogP contribution in [0.3, 0.4) is 0 Å². The van der Waals surface area contributed by atoms with E-state index >= 15 is 0 Å². The van der Waals surface area contributed by atoms with E-state index in [9.17, 15) is 4.79 Å². The maximum atomic E-state index is 12.2. The molecule has 1 fully saturated rings. The second-order valence-electron chi connectivity index (χ2n) is 5.89. The van der Waals surface area contributed by atoms with Crippen molar-refractivity contribution >= 4 is 17.2 Å². The average Bonchev–Trinajstić information content (AvgIpc) is 3.08. The van der Waals surface area contributed by atoms with Crippen LogP contribution in [0, 0.1) is 5.92 Å². The monoisotopic (exact) mass is 315 g/mol. The number of likely N-dealkylation sites (tertiary alicyclic amines) is 1. The van der Waals surface area contributed by atoms with Gasteiger partial charge in [-0.2, -0.15) is 11.3 Å². The molecule has 5 heteroatoms. The number of piperidine rings is 1. The van der Waals surface area contributed by atoms with E-state index < -0.39 is 0 Å². The van der Waals surface area contributed by atoms with Crippen LogP contribution in [0.4, 0.5) is 0 Å². The summed E-state index contributed by atoms with van der Waals surface area (Å²) >= 11 is 1.68. The van der Waals surface area contributed by atoms with Gasteiger partial charge in [0.15, 0.2) is 0 Å². The second-order valence-corrected chi connectivity index (χ2v) is 6.67. The highest BCUT2D eigenvalue weighted by molar-refractivity contribution is 7.08. The van der Waals surface area contributed by atoms with E-state index in [0.717, 1.165) is 37.1 Å². The van der Waals surface area contributed by atoms with Gasteiger partial charge in [0.05, 0.1) is 0 Å². The molecule has 0 unspecified atom stereocenters. The molecule has 1 aliphatic heterocycles. The SMILES string of the molecule is CN1CCC(C(=O)NCc2cncc(-c3ccsc3)c2)CC1. The topological polar surface area (TPSA) is 45.2 Å². The summed E-state index contributed by atoms with van der Waals surface area (Å²) in [4.78, 5) is 18.8. The summed E-state index contributed by atoms with van der Waals surface area (Å²) in [5, 5.41) is 7.23. The first-order valence-electron chi connectivity index (χ1n) is 7.65. The number of thiophene rings is 1. The number of nitrogens with one attached hydrogen (secondary N) is 1. The van der Waals surface area contributed by atoms with Gasteiger partial charge in [0, 0.05) is 30.4 Å². The number of carbonyl (C=O) groups excluding carboxylic acids is 1. The predicted molar refractivity (Wildman–Crippen MR) is 89.6 cm³/mol. The van der Waals surface area contributed by atoms with Gasteiger partial charge >= 0.3 is 0 Å². The molecule has 116 valence electrons. The summed E-state index contributed by atoms with van der Waals surface area (Å²) in [7, 11) is 2.11. The Kier molecular flexibility index (Phi) is 4.85. The molecule has 3 heterocycles. The predicted octanol–water partition coefficient (Wildman–Crippen LogP) is 2.77. The van der Waals surface area contributed by atoms with Gasteiger partial charge in [-0.1, -0.05) is 0 Å². The average molecular weight is 315 g/mol. The lowest BCUT2D eigenvalue weighted by Crippen LogP contribution is -2.38. The Morgan fingerprint density at radius 3 is 2.91 bits per heavy atom. The molecule has 22 heavy (non-hydrogen) atoms.